The molecule has 0 bridgehead atoms. The van der Waals surface area contributed by atoms with E-state index >= 15 is 0 Å². The maximum absolute atomic E-state index is 12.9. The minimum absolute atomic E-state index is 0.298. The van der Waals surface area contributed by atoms with E-state index in [9.17, 15) is 19.5 Å². The maximum Gasteiger partial charge on any atom is 0.309 e. The van der Waals surface area contributed by atoms with Gasteiger partial charge in [0.05, 0.1) is 5.41 Å². The minimum Gasteiger partial charge on any atom is -0.481 e. The van der Waals surface area contributed by atoms with Crippen molar-refractivity contribution in [1.29, 1.82) is 0 Å². The second-order valence-electron chi connectivity index (χ2n) is 17.2. The highest BCUT2D eigenvalue weighted by Gasteiger charge is 2.36. The number of aliphatic carboxylic acids is 3. The zero-order chi connectivity index (χ0) is 39.6. The molecule has 0 aromatic heterocycles. The Labute approximate surface area is 335 Å². The second-order valence-corrected chi connectivity index (χ2v) is 17.2. The van der Waals surface area contributed by atoms with Gasteiger partial charge in [-0.05, 0) is 32.1 Å². The lowest BCUT2D eigenvalue weighted by Gasteiger charge is -2.30. The Bertz CT molecular complexity index is 828. The SMILES string of the molecule is CCCCCCCCCCCCCCCCC(CCCCCCCCCCCCCCCC(=O)O)(CCCCCCCCCCCCCC(=O)O)C(=O)O. The fourth-order valence-corrected chi connectivity index (χ4v) is 8.37. The van der Waals surface area contributed by atoms with E-state index in [0.29, 0.717) is 12.8 Å². The van der Waals surface area contributed by atoms with Gasteiger partial charge in [0.15, 0.2) is 0 Å². The van der Waals surface area contributed by atoms with Gasteiger partial charge < -0.3 is 15.3 Å². The van der Waals surface area contributed by atoms with Crippen LogP contribution in [0.2, 0.25) is 0 Å². The van der Waals surface area contributed by atoms with Gasteiger partial charge in [-0.15, -0.1) is 0 Å². The Morgan fingerprint density at radius 3 is 0.667 bits per heavy atom. The van der Waals surface area contributed by atoms with E-state index < -0.39 is 23.3 Å². The number of hydrogen-bond donors (Lipinski definition) is 3. The lowest BCUT2D eigenvalue weighted by atomic mass is 9.74. The van der Waals surface area contributed by atoms with E-state index in [2.05, 4.69) is 6.92 Å². The fraction of sp³-hybridized carbons (Fsp3) is 0.938. The summed E-state index contributed by atoms with van der Waals surface area (Å²) in [5.41, 5.74) is -0.536. The molecule has 3 N–H and O–H groups in total. The third-order valence-electron chi connectivity index (χ3n) is 12.1. The number of carboxylic acid groups (broad SMARTS) is 3. The van der Waals surface area contributed by atoms with E-state index in [1.54, 1.807) is 0 Å². The molecule has 0 amide bonds. The number of hydrogen-bond acceptors (Lipinski definition) is 3. The van der Waals surface area contributed by atoms with Gasteiger partial charge in [-0.2, -0.15) is 0 Å². The van der Waals surface area contributed by atoms with Crippen molar-refractivity contribution in [2.75, 3.05) is 0 Å². The highest BCUT2D eigenvalue weighted by molar-refractivity contribution is 5.74. The lowest BCUT2D eigenvalue weighted by molar-refractivity contribution is -0.151. The van der Waals surface area contributed by atoms with Gasteiger partial charge in [-0.25, -0.2) is 0 Å². The molecule has 54 heavy (non-hydrogen) atoms. The monoisotopic (exact) mass is 765 g/mol. The van der Waals surface area contributed by atoms with Crippen LogP contribution in [0.3, 0.4) is 0 Å². The topological polar surface area (TPSA) is 112 Å². The molecule has 0 aromatic rings. The molecule has 0 saturated heterocycles. The van der Waals surface area contributed by atoms with Crippen LogP contribution < -0.4 is 0 Å². The summed E-state index contributed by atoms with van der Waals surface area (Å²) in [5.74, 6) is -1.90. The summed E-state index contributed by atoms with van der Waals surface area (Å²) in [5, 5.41) is 28.1. The second kappa shape index (κ2) is 41.1. The Kier molecular flexibility index (Phi) is 39.8. The minimum atomic E-state index is -0.685. The third-order valence-corrected chi connectivity index (χ3v) is 12.1. The van der Waals surface area contributed by atoms with Gasteiger partial charge in [-0.1, -0.05) is 238 Å². The molecule has 0 heterocycles. The summed E-state index contributed by atoms with van der Waals surface area (Å²) in [4.78, 5) is 34.1. The van der Waals surface area contributed by atoms with E-state index in [0.717, 1.165) is 89.9 Å². The normalized spacial score (nSPS) is 12.6. The number of carboxylic acids is 3. The molecule has 0 aliphatic heterocycles. The van der Waals surface area contributed by atoms with Crippen molar-refractivity contribution < 1.29 is 29.7 Å². The third kappa shape index (κ3) is 37.3. The highest BCUT2D eigenvalue weighted by Crippen LogP contribution is 2.38. The van der Waals surface area contributed by atoms with Crippen molar-refractivity contribution in [3.63, 3.8) is 0 Å². The summed E-state index contributed by atoms with van der Waals surface area (Å²) < 4.78 is 0. The summed E-state index contributed by atoms with van der Waals surface area (Å²) in [7, 11) is 0. The first-order valence-corrected chi connectivity index (χ1v) is 24.0. The molecule has 0 aliphatic carbocycles. The highest BCUT2D eigenvalue weighted by atomic mass is 16.4. The van der Waals surface area contributed by atoms with Crippen molar-refractivity contribution >= 4 is 17.9 Å². The first kappa shape index (κ1) is 52.4. The maximum atomic E-state index is 12.9. The summed E-state index contributed by atoms with van der Waals surface area (Å²) >= 11 is 0. The molecule has 6 heteroatoms. The average Bonchev–Trinajstić information content (AvgIpc) is 3.14. The van der Waals surface area contributed by atoms with Crippen LogP contribution in [0, 0.1) is 5.41 Å². The van der Waals surface area contributed by atoms with E-state index in [1.165, 1.54) is 173 Å². The molecule has 0 aliphatic rings. The summed E-state index contributed by atoms with van der Waals surface area (Å²) in [6.45, 7) is 2.28. The van der Waals surface area contributed by atoms with Gasteiger partial charge in [-0.3, -0.25) is 14.4 Å². The smallest absolute Gasteiger partial charge is 0.309 e. The van der Waals surface area contributed by atoms with Gasteiger partial charge in [0.25, 0.3) is 0 Å². The Morgan fingerprint density at radius 1 is 0.296 bits per heavy atom. The van der Waals surface area contributed by atoms with Crippen LogP contribution in [0.4, 0.5) is 0 Å². The van der Waals surface area contributed by atoms with E-state index in [1.807, 2.05) is 0 Å². The Balaban J connectivity index is 4.36. The fourth-order valence-electron chi connectivity index (χ4n) is 8.37. The Hall–Kier alpha value is -1.59. The van der Waals surface area contributed by atoms with Crippen LogP contribution in [-0.4, -0.2) is 33.2 Å². The van der Waals surface area contributed by atoms with Crippen LogP contribution in [0.5, 0.6) is 0 Å². The van der Waals surface area contributed by atoms with Gasteiger partial charge in [0, 0.05) is 12.8 Å². The van der Waals surface area contributed by atoms with Crippen LogP contribution in [-0.2, 0) is 14.4 Å². The first-order valence-electron chi connectivity index (χ1n) is 24.0. The van der Waals surface area contributed by atoms with Crippen molar-refractivity contribution in [2.45, 2.75) is 283 Å². The quantitative estimate of drug-likeness (QED) is 0.0532. The molecule has 1 unspecified atom stereocenters. The van der Waals surface area contributed by atoms with Crippen LogP contribution >= 0.6 is 0 Å². The molecule has 0 rings (SSSR count). The number of carbonyl (C=O) groups is 3. The standard InChI is InChI=1S/C48H92O6/c1-2-3-4-5-6-7-8-9-12-17-22-27-32-37-42-48(47(53)54,44-39-34-29-24-19-14-16-21-26-31-36-41-46(51)52)43-38-33-28-23-18-13-10-11-15-20-25-30-35-40-45(49)50/h2-44H2,1H3,(H,49,50)(H,51,52)(H,53,54). The van der Waals surface area contributed by atoms with E-state index in [-0.39, 0.29) is 0 Å². The predicted molar refractivity (Wildman–Crippen MR) is 230 cm³/mol. The molecule has 0 saturated carbocycles. The number of rotatable bonds is 46. The zero-order valence-electron chi connectivity index (χ0n) is 36.0. The predicted octanol–water partition coefficient (Wildman–Crippen LogP) is 16.0. The lowest BCUT2D eigenvalue weighted by Crippen LogP contribution is -2.31. The molecule has 1 atom stereocenters. The van der Waals surface area contributed by atoms with Gasteiger partial charge >= 0.3 is 17.9 Å². The van der Waals surface area contributed by atoms with E-state index in [4.69, 9.17) is 10.2 Å². The average molecular weight is 765 g/mol. The number of unbranched alkanes of at least 4 members (excludes halogenated alkanes) is 35. The van der Waals surface area contributed by atoms with Gasteiger partial charge in [0.1, 0.15) is 0 Å². The van der Waals surface area contributed by atoms with Gasteiger partial charge in [0.2, 0.25) is 0 Å². The molecule has 320 valence electrons. The summed E-state index contributed by atoms with van der Waals surface area (Å²) in [6, 6.07) is 0. The van der Waals surface area contributed by atoms with Crippen LogP contribution in [0.15, 0.2) is 0 Å². The molecule has 0 radical (unpaired) electrons. The van der Waals surface area contributed by atoms with Crippen molar-refractivity contribution in [3.8, 4) is 0 Å². The molecule has 0 spiro atoms. The Morgan fingerprint density at radius 2 is 0.481 bits per heavy atom. The van der Waals surface area contributed by atoms with Crippen LogP contribution in [0.25, 0.3) is 0 Å². The molecule has 0 aromatic carbocycles. The van der Waals surface area contributed by atoms with Crippen molar-refractivity contribution in [2.24, 2.45) is 5.41 Å². The first-order chi connectivity index (χ1) is 26.3. The van der Waals surface area contributed by atoms with Crippen molar-refractivity contribution in [1.82, 2.24) is 0 Å². The molecule has 6 nitrogen and oxygen atoms in total. The molecular formula is C48H92O6. The zero-order valence-corrected chi connectivity index (χ0v) is 36.0. The molecular weight excluding hydrogens is 673 g/mol. The van der Waals surface area contributed by atoms with Crippen LogP contribution in [0.1, 0.15) is 283 Å². The molecule has 0 fully saturated rings. The summed E-state index contributed by atoms with van der Waals surface area (Å²) in [6.07, 6.45) is 49.7. The van der Waals surface area contributed by atoms with Crippen molar-refractivity contribution in [3.05, 3.63) is 0 Å². The largest absolute Gasteiger partial charge is 0.481 e.